The van der Waals surface area contributed by atoms with Crippen LogP contribution in [-0.4, -0.2) is 85.5 Å². The lowest BCUT2D eigenvalue weighted by Gasteiger charge is -2.40. The van der Waals surface area contributed by atoms with Crippen LogP contribution in [0.5, 0.6) is 0 Å². The quantitative estimate of drug-likeness (QED) is 0.522. The molecule has 5 rings (SSSR count). The Bertz CT molecular complexity index is 1400. The van der Waals surface area contributed by atoms with Crippen LogP contribution in [-0.2, 0) is 9.53 Å². The number of anilines is 1. The molecule has 10 nitrogen and oxygen atoms in total. The van der Waals surface area contributed by atoms with Crippen LogP contribution < -0.4 is 15.5 Å². The molecule has 2 fully saturated rings. The highest BCUT2D eigenvalue weighted by Crippen LogP contribution is 2.31. The monoisotopic (exact) mass is 563 g/mol. The van der Waals surface area contributed by atoms with E-state index in [1.54, 1.807) is 23.1 Å². The summed E-state index contributed by atoms with van der Waals surface area (Å²) in [6, 6.07) is 11.7. The lowest BCUT2D eigenvalue weighted by atomic mass is 9.95. The summed E-state index contributed by atoms with van der Waals surface area (Å²) in [5.41, 5.74) is 3.05. The highest BCUT2D eigenvalue weighted by Gasteiger charge is 2.34. The first kappa shape index (κ1) is 28.3. The minimum atomic E-state index is -0.587. The molecule has 41 heavy (non-hydrogen) atoms. The molecule has 11 heteroatoms. The summed E-state index contributed by atoms with van der Waals surface area (Å²) >= 11 is 0. The van der Waals surface area contributed by atoms with Crippen molar-refractivity contribution in [3.8, 4) is 0 Å². The number of carbonyl (C=O) groups excluding carboxylic acids is 4. The molecule has 1 unspecified atom stereocenters. The topological polar surface area (TPSA) is 111 Å². The molecule has 0 spiro atoms. The second-order valence-electron chi connectivity index (χ2n) is 10.5. The number of ether oxygens (including phenoxy) is 1. The Morgan fingerprint density at radius 1 is 1.12 bits per heavy atom. The van der Waals surface area contributed by atoms with Crippen LogP contribution in [0.2, 0.25) is 0 Å². The first-order valence-electron chi connectivity index (χ1n) is 13.8. The number of nitrogens with zero attached hydrogens (tertiary/aromatic N) is 3. The maximum Gasteiger partial charge on any atom is 0.414 e. The Morgan fingerprint density at radius 3 is 2.63 bits per heavy atom. The molecule has 2 atom stereocenters. The van der Waals surface area contributed by atoms with Gasteiger partial charge in [-0.1, -0.05) is 30.3 Å². The van der Waals surface area contributed by atoms with E-state index in [1.807, 2.05) is 29.2 Å². The molecular weight excluding hydrogens is 529 g/mol. The van der Waals surface area contributed by atoms with Crippen LogP contribution >= 0.6 is 0 Å². The van der Waals surface area contributed by atoms with Crippen molar-refractivity contribution in [3.63, 3.8) is 0 Å². The Hall–Kier alpha value is -4.25. The summed E-state index contributed by atoms with van der Waals surface area (Å²) < 4.78 is 20.5. The van der Waals surface area contributed by atoms with E-state index in [-0.39, 0.29) is 36.9 Å². The van der Waals surface area contributed by atoms with Crippen LogP contribution in [0.1, 0.15) is 47.8 Å². The predicted molar refractivity (Wildman–Crippen MR) is 151 cm³/mol. The van der Waals surface area contributed by atoms with Crippen molar-refractivity contribution in [1.29, 1.82) is 0 Å². The van der Waals surface area contributed by atoms with E-state index in [9.17, 15) is 19.2 Å². The van der Waals surface area contributed by atoms with Gasteiger partial charge in [0.05, 0.1) is 24.8 Å². The van der Waals surface area contributed by atoms with Crippen LogP contribution in [0.15, 0.2) is 48.5 Å². The second-order valence-corrected chi connectivity index (χ2v) is 10.5. The number of nitrogens with one attached hydrogen (secondary N) is 2. The van der Waals surface area contributed by atoms with Crippen molar-refractivity contribution in [2.24, 2.45) is 0 Å². The standard InChI is InChI=1S/C30H34FN5O5/c1-19(37)24-5-3-4-6-26(24)28-17-32-11-14-35(28)29(39)34-12-9-21(10-13-34)25-8-7-22(15-27(25)31)36-18-23(41-30(36)40)16-33-20(2)38/h3-9,15,23,28,32H,10-14,16-18H2,1-2H3,(H,33,38)/t23-,28?/m0/s1. The van der Waals surface area contributed by atoms with Crippen molar-refractivity contribution in [2.75, 3.05) is 50.7 Å². The van der Waals surface area contributed by atoms with Crippen molar-refractivity contribution >= 4 is 35.1 Å². The SMILES string of the molecule is CC(=O)NC[C@H]1CN(c2ccc(C3=CCN(C(=O)N4CCNCC4c4ccccc4C(C)=O)CC3)c(F)c2)C(=O)O1. The summed E-state index contributed by atoms with van der Waals surface area (Å²) in [7, 11) is 0. The Kier molecular flexibility index (Phi) is 8.34. The van der Waals surface area contributed by atoms with Gasteiger partial charge in [-0.2, -0.15) is 0 Å². The number of benzene rings is 2. The highest BCUT2D eigenvalue weighted by molar-refractivity contribution is 5.96. The lowest BCUT2D eigenvalue weighted by Crippen LogP contribution is -2.54. The number of rotatable bonds is 6. The summed E-state index contributed by atoms with van der Waals surface area (Å²) in [5.74, 6) is -0.722. The minimum absolute atomic E-state index is 0.0383. The molecule has 2 aromatic rings. The van der Waals surface area contributed by atoms with Gasteiger partial charge >= 0.3 is 12.1 Å². The van der Waals surface area contributed by atoms with E-state index in [1.165, 1.54) is 24.8 Å². The predicted octanol–water partition coefficient (Wildman–Crippen LogP) is 3.35. The normalized spacial score (nSPS) is 20.9. The minimum Gasteiger partial charge on any atom is -0.442 e. The van der Waals surface area contributed by atoms with E-state index in [0.29, 0.717) is 56.0 Å². The van der Waals surface area contributed by atoms with E-state index in [2.05, 4.69) is 10.6 Å². The third-order valence-corrected chi connectivity index (χ3v) is 7.73. The van der Waals surface area contributed by atoms with Crippen molar-refractivity contribution in [3.05, 3.63) is 71.0 Å². The summed E-state index contributed by atoms with van der Waals surface area (Å²) in [6.45, 7) is 5.82. The molecule has 0 saturated carbocycles. The van der Waals surface area contributed by atoms with E-state index >= 15 is 4.39 Å². The fourth-order valence-electron chi connectivity index (χ4n) is 5.62. The van der Waals surface area contributed by atoms with Gasteiger partial charge in [-0.15, -0.1) is 0 Å². The van der Waals surface area contributed by atoms with Crippen LogP contribution in [0.25, 0.3) is 5.57 Å². The first-order chi connectivity index (χ1) is 19.7. The molecule has 0 radical (unpaired) electrons. The number of urea groups is 1. The van der Waals surface area contributed by atoms with Gasteiger partial charge in [0, 0.05) is 50.8 Å². The average molecular weight is 564 g/mol. The zero-order valence-electron chi connectivity index (χ0n) is 23.2. The molecule has 2 aromatic carbocycles. The lowest BCUT2D eigenvalue weighted by molar-refractivity contribution is -0.119. The van der Waals surface area contributed by atoms with Crippen molar-refractivity contribution < 1.29 is 28.3 Å². The third-order valence-electron chi connectivity index (χ3n) is 7.73. The summed E-state index contributed by atoms with van der Waals surface area (Å²) in [5, 5.41) is 5.96. The number of carbonyl (C=O) groups is 4. The maximum absolute atomic E-state index is 15.3. The second kappa shape index (κ2) is 12.1. The molecule has 3 heterocycles. The fourth-order valence-corrected chi connectivity index (χ4v) is 5.62. The third kappa shape index (κ3) is 6.09. The summed E-state index contributed by atoms with van der Waals surface area (Å²) in [4.78, 5) is 54.3. The molecule has 2 saturated heterocycles. The van der Waals surface area contributed by atoms with Gasteiger partial charge in [-0.05, 0) is 42.7 Å². The molecule has 4 amide bonds. The molecular formula is C30H34FN5O5. The van der Waals surface area contributed by atoms with Crippen LogP contribution in [0, 0.1) is 5.82 Å². The average Bonchev–Trinajstić information content (AvgIpc) is 3.36. The van der Waals surface area contributed by atoms with Gasteiger partial charge in [0.25, 0.3) is 0 Å². The van der Waals surface area contributed by atoms with Gasteiger partial charge in [0.1, 0.15) is 11.9 Å². The van der Waals surface area contributed by atoms with Gasteiger partial charge in [0.2, 0.25) is 5.91 Å². The maximum atomic E-state index is 15.3. The largest absolute Gasteiger partial charge is 0.442 e. The summed E-state index contributed by atoms with van der Waals surface area (Å²) in [6.07, 6.45) is 1.25. The molecule has 216 valence electrons. The van der Waals surface area contributed by atoms with Crippen LogP contribution in [0.3, 0.4) is 0 Å². The molecule has 0 aromatic heterocycles. The molecule has 0 bridgehead atoms. The molecule has 2 N–H and O–H groups in total. The Labute approximate surface area is 238 Å². The number of piperazine rings is 1. The number of Topliss-reactive ketones (excluding diaryl/α,β-unsaturated/α-hetero) is 1. The molecule has 3 aliphatic rings. The smallest absolute Gasteiger partial charge is 0.414 e. The fraction of sp³-hybridized carbons (Fsp3) is 0.400. The number of hydrogen-bond donors (Lipinski definition) is 2. The highest BCUT2D eigenvalue weighted by atomic mass is 19.1. The van der Waals surface area contributed by atoms with Gasteiger partial charge < -0.3 is 25.2 Å². The van der Waals surface area contributed by atoms with E-state index < -0.39 is 18.0 Å². The van der Waals surface area contributed by atoms with E-state index in [0.717, 1.165) is 11.1 Å². The molecule has 3 aliphatic heterocycles. The number of cyclic esters (lactones) is 1. The van der Waals surface area contributed by atoms with Crippen LogP contribution in [0.4, 0.5) is 19.7 Å². The Balaban J connectivity index is 1.26. The zero-order chi connectivity index (χ0) is 29.1. The molecule has 0 aliphatic carbocycles. The zero-order valence-corrected chi connectivity index (χ0v) is 23.2. The number of halogens is 1. The van der Waals surface area contributed by atoms with E-state index in [4.69, 9.17) is 4.74 Å². The number of hydrogen-bond acceptors (Lipinski definition) is 6. The van der Waals surface area contributed by atoms with Crippen molar-refractivity contribution in [1.82, 2.24) is 20.4 Å². The first-order valence-corrected chi connectivity index (χ1v) is 13.8. The number of ketones is 1. The van der Waals surface area contributed by atoms with Gasteiger partial charge in [0.15, 0.2) is 5.78 Å². The van der Waals surface area contributed by atoms with Crippen molar-refractivity contribution in [2.45, 2.75) is 32.4 Å². The number of amides is 4. The van der Waals surface area contributed by atoms with Gasteiger partial charge in [-0.25, -0.2) is 14.0 Å². The Morgan fingerprint density at radius 2 is 1.93 bits per heavy atom. The van der Waals surface area contributed by atoms with Gasteiger partial charge in [-0.3, -0.25) is 14.5 Å².